The van der Waals surface area contributed by atoms with Crippen molar-refractivity contribution in [1.29, 1.82) is 0 Å². The van der Waals surface area contributed by atoms with Gasteiger partial charge in [0.25, 0.3) is 0 Å². The first-order valence-corrected chi connectivity index (χ1v) is 6.65. The number of nitrogens with zero attached hydrogens (tertiary/aromatic N) is 2. The number of nitrogens with one attached hydrogen (secondary N) is 1. The van der Waals surface area contributed by atoms with Crippen molar-refractivity contribution in [1.82, 2.24) is 9.97 Å². The van der Waals surface area contributed by atoms with Crippen molar-refractivity contribution in [3.8, 4) is 0 Å². The summed E-state index contributed by atoms with van der Waals surface area (Å²) in [7, 11) is 0. The van der Waals surface area contributed by atoms with E-state index in [9.17, 15) is 13.2 Å². The number of anilines is 2. The molecule has 0 spiro atoms. The maximum absolute atomic E-state index is 12.6. The number of benzene rings is 1. The Bertz CT molecular complexity index is 614. The Morgan fingerprint density at radius 3 is 2.60 bits per heavy atom. The Kier molecular flexibility index (Phi) is 4.27. The van der Waals surface area contributed by atoms with Crippen molar-refractivity contribution in [2.75, 3.05) is 5.32 Å². The second-order valence-corrected chi connectivity index (χ2v) is 4.86. The van der Waals surface area contributed by atoms with Crippen molar-refractivity contribution in [2.45, 2.75) is 19.5 Å². The van der Waals surface area contributed by atoms with E-state index >= 15 is 0 Å². The van der Waals surface area contributed by atoms with E-state index < -0.39 is 11.7 Å². The lowest BCUT2D eigenvalue weighted by atomic mass is 10.2. The van der Waals surface area contributed by atoms with Gasteiger partial charge in [0.1, 0.15) is 16.2 Å². The zero-order valence-electron chi connectivity index (χ0n) is 10.5. The number of hydrogen-bond donors (Lipinski definition) is 1. The standard InChI is InChI=1S/C13H11BrF3N3/c1-2-11-19-10(14)7-12(20-11)18-9-5-3-4-8(6-9)13(15,16)17/h3-7H,2H2,1H3,(H,18,19,20). The molecule has 0 saturated heterocycles. The minimum Gasteiger partial charge on any atom is -0.340 e. The maximum atomic E-state index is 12.6. The van der Waals surface area contributed by atoms with Gasteiger partial charge in [0.15, 0.2) is 0 Å². The summed E-state index contributed by atoms with van der Waals surface area (Å²) >= 11 is 3.24. The van der Waals surface area contributed by atoms with Crippen LogP contribution in [0.1, 0.15) is 18.3 Å². The Balaban J connectivity index is 2.28. The molecule has 0 aliphatic carbocycles. The maximum Gasteiger partial charge on any atom is 0.416 e. The molecule has 0 aliphatic rings. The van der Waals surface area contributed by atoms with E-state index in [1.165, 1.54) is 6.07 Å². The van der Waals surface area contributed by atoms with Gasteiger partial charge in [0.05, 0.1) is 5.56 Å². The SMILES string of the molecule is CCc1nc(Br)cc(Nc2cccc(C(F)(F)F)c2)n1. The Labute approximate surface area is 122 Å². The van der Waals surface area contributed by atoms with Gasteiger partial charge < -0.3 is 5.32 Å². The second kappa shape index (κ2) is 5.78. The van der Waals surface area contributed by atoms with Gasteiger partial charge >= 0.3 is 6.18 Å². The van der Waals surface area contributed by atoms with Gasteiger partial charge in [-0.25, -0.2) is 9.97 Å². The molecule has 1 aromatic heterocycles. The summed E-state index contributed by atoms with van der Waals surface area (Å²) in [6.07, 6.45) is -3.73. The molecule has 0 atom stereocenters. The van der Waals surface area contributed by atoms with Gasteiger partial charge in [-0.05, 0) is 34.1 Å². The number of alkyl halides is 3. The van der Waals surface area contributed by atoms with E-state index in [4.69, 9.17) is 0 Å². The number of aromatic nitrogens is 2. The number of rotatable bonds is 3. The molecule has 0 aliphatic heterocycles. The molecular formula is C13H11BrF3N3. The average Bonchev–Trinajstić information content (AvgIpc) is 2.37. The lowest BCUT2D eigenvalue weighted by Crippen LogP contribution is -2.05. The summed E-state index contributed by atoms with van der Waals surface area (Å²) in [5.74, 6) is 1.05. The molecule has 1 aromatic carbocycles. The van der Waals surface area contributed by atoms with Crippen molar-refractivity contribution >= 4 is 27.4 Å². The topological polar surface area (TPSA) is 37.8 Å². The van der Waals surface area contributed by atoms with Crippen molar-refractivity contribution in [3.63, 3.8) is 0 Å². The summed E-state index contributed by atoms with van der Waals surface area (Å²) < 4.78 is 38.5. The van der Waals surface area contributed by atoms with Gasteiger partial charge in [0.2, 0.25) is 0 Å². The van der Waals surface area contributed by atoms with E-state index in [1.807, 2.05) is 6.92 Å². The lowest BCUT2D eigenvalue weighted by Gasteiger charge is -2.11. The van der Waals surface area contributed by atoms with Crippen LogP contribution in [0.15, 0.2) is 34.9 Å². The third-order valence-electron chi connectivity index (χ3n) is 2.52. The molecule has 1 heterocycles. The highest BCUT2D eigenvalue weighted by Crippen LogP contribution is 2.31. The smallest absolute Gasteiger partial charge is 0.340 e. The van der Waals surface area contributed by atoms with Crippen LogP contribution in [0.25, 0.3) is 0 Å². The minimum atomic E-state index is -4.36. The quantitative estimate of drug-likeness (QED) is 0.828. The predicted molar refractivity (Wildman–Crippen MR) is 73.8 cm³/mol. The molecular weight excluding hydrogens is 335 g/mol. The fourth-order valence-corrected chi connectivity index (χ4v) is 2.03. The number of halogens is 4. The zero-order chi connectivity index (χ0) is 14.8. The molecule has 2 aromatic rings. The highest BCUT2D eigenvalue weighted by molar-refractivity contribution is 9.10. The van der Waals surface area contributed by atoms with Crippen LogP contribution in [-0.4, -0.2) is 9.97 Å². The van der Waals surface area contributed by atoms with Gasteiger partial charge in [-0.3, -0.25) is 0 Å². The van der Waals surface area contributed by atoms with Crippen LogP contribution < -0.4 is 5.32 Å². The molecule has 0 bridgehead atoms. The molecule has 106 valence electrons. The van der Waals surface area contributed by atoms with Crippen LogP contribution in [0.4, 0.5) is 24.7 Å². The highest BCUT2D eigenvalue weighted by Gasteiger charge is 2.30. The molecule has 0 radical (unpaired) electrons. The van der Waals surface area contributed by atoms with Crippen LogP contribution in [0.3, 0.4) is 0 Å². The van der Waals surface area contributed by atoms with Crippen LogP contribution in [0.5, 0.6) is 0 Å². The molecule has 1 N–H and O–H groups in total. The molecule has 0 saturated carbocycles. The normalized spacial score (nSPS) is 11.4. The van der Waals surface area contributed by atoms with Crippen LogP contribution >= 0.6 is 15.9 Å². The Morgan fingerprint density at radius 2 is 1.95 bits per heavy atom. The van der Waals surface area contributed by atoms with E-state index in [2.05, 4.69) is 31.2 Å². The Hall–Kier alpha value is -1.63. The third-order valence-corrected chi connectivity index (χ3v) is 2.93. The predicted octanol–water partition coefficient (Wildman–Crippen LogP) is 4.56. The van der Waals surface area contributed by atoms with E-state index in [0.29, 0.717) is 28.4 Å². The third kappa shape index (κ3) is 3.69. The summed E-state index contributed by atoms with van der Waals surface area (Å²) in [5, 5.41) is 2.85. The second-order valence-electron chi connectivity index (χ2n) is 4.05. The van der Waals surface area contributed by atoms with Crippen LogP contribution in [0, 0.1) is 0 Å². The van der Waals surface area contributed by atoms with Crippen LogP contribution in [0.2, 0.25) is 0 Å². The fourth-order valence-electron chi connectivity index (χ4n) is 1.61. The molecule has 7 heteroatoms. The number of aryl methyl sites for hydroxylation is 1. The van der Waals surface area contributed by atoms with Crippen molar-refractivity contribution < 1.29 is 13.2 Å². The van der Waals surface area contributed by atoms with Crippen LogP contribution in [-0.2, 0) is 12.6 Å². The van der Waals surface area contributed by atoms with Crippen molar-refractivity contribution in [2.24, 2.45) is 0 Å². The van der Waals surface area contributed by atoms with E-state index in [0.717, 1.165) is 12.1 Å². The molecule has 3 nitrogen and oxygen atoms in total. The van der Waals surface area contributed by atoms with E-state index in [1.54, 1.807) is 12.1 Å². The molecule has 2 rings (SSSR count). The molecule has 20 heavy (non-hydrogen) atoms. The largest absolute Gasteiger partial charge is 0.416 e. The molecule has 0 unspecified atom stereocenters. The zero-order valence-corrected chi connectivity index (χ0v) is 12.1. The number of hydrogen-bond acceptors (Lipinski definition) is 3. The first kappa shape index (κ1) is 14.8. The fraction of sp³-hybridized carbons (Fsp3) is 0.231. The van der Waals surface area contributed by atoms with E-state index in [-0.39, 0.29) is 0 Å². The van der Waals surface area contributed by atoms with Gasteiger partial charge in [-0.15, -0.1) is 0 Å². The molecule has 0 amide bonds. The van der Waals surface area contributed by atoms with Gasteiger partial charge in [-0.1, -0.05) is 13.0 Å². The minimum absolute atomic E-state index is 0.326. The Morgan fingerprint density at radius 1 is 1.20 bits per heavy atom. The summed E-state index contributed by atoms with van der Waals surface area (Å²) in [4.78, 5) is 8.34. The lowest BCUT2D eigenvalue weighted by molar-refractivity contribution is -0.137. The summed E-state index contributed by atoms with van der Waals surface area (Å²) in [5.41, 5.74) is -0.376. The summed E-state index contributed by atoms with van der Waals surface area (Å²) in [6, 6.07) is 6.58. The van der Waals surface area contributed by atoms with Gasteiger partial charge in [-0.2, -0.15) is 13.2 Å². The average molecular weight is 346 g/mol. The first-order chi connectivity index (χ1) is 9.38. The first-order valence-electron chi connectivity index (χ1n) is 5.86. The monoisotopic (exact) mass is 345 g/mol. The van der Waals surface area contributed by atoms with Crippen molar-refractivity contribution in [3.05, 3.63) is 46.3 Å². The summed E-state index contributed by atoms with van der Waals surface area (Å²) in [6.45, 7) is 1.90. The van der Waals surface area contributed by atoms with Gasteiger partial charge in [0, 0.05) is 18.2 Å². The highest BCUT2D eigenvalue weighted by atomic mass is 79.9. The molecule has 0 fully saturated rings.